The van der Waals surface area contributed by atoms with Crippen LogP contribution < -0.4 is 0 Å². The fourth-order valence-electron chi connectivity index (χ4n) is 1.96. The Morgan fingerprint density at radius 1 is 1.11 bits per heavy atom. The zero-order chi connectivity index (χ0) is 13.1. The van der Waals surface area contributed by atoms with E-state index in [1.54, 1.807) is 13.0 Å². The maximum atomic E-state index is 13.7. The van der Waals surface area contributed by atoms with Crippen molar-refractivity contribution in [2.24, 2.45) is 0 Å². The maximum absolute atomic E-state index is 13.7. The van der Waals surface area contributed by atoms with Crippen molar-refractivity contribution in [2.75, 3.05) is 7.11 Å². The minimum Gasteiger partial charge on any atom is -0.465 e. The topological polar surface area (TPSA) is 26.3 Å². The molecule has 0 bridgehead atoms. The van der Waals surface area contributed by atoms with Crippen molar-refractivity contribution in [3.05, 3.63) is 59.4 Å². The van der Waals surface area contributed by atoms with E-state index in [1.165, 1.54) is 13.2 Å². The standard InChI is InChI=1S/C15H13FO2/c1-10-12(11-6-4-3-5-7-11)8-9-13(16)14(10)15(17)18-2/h3-9H,1-2H3. The van der Waals surface area contributed by atoms with E-state index < -0.39 is 11.8 Å². The number of methoxy groups -OCH3 is 1. The number of halogens is 1. The Morgan fingerprint density at radius 3 is 2.39 bits per heavy atom. The first-order valence-electron chi connectivity index (χ1n) is 5.58. The van der Waals surface area contributed by atoms with Crippen LogP contribution in [-0.2, 0) is 4.74 Å². The lowest BCUT2D eigenvalue weighted by molar-refractivity contribution is 0.0594. The molecule has 0 aromatic heterocycles. The van der Waals surface area contributed by atoms with Gasteiger partial charge in [-0.25, -0.2) is 9.18 Å². The summed E-state index contributed by atoms with van der Waals surface area (Å²) in [6, 6.07) is 12.5. The SMILES string of the molecule is COC(=O)c1c(F)ccc(-c2ccccc2)c1C. The van der Waals surface area contributed by atoms with Gasteiger partial charge in [-0.15, -0.1) is 0 Å². The second-order valence-corrected chi connectivity index (χ2v) is 3.95. The number of hydrogen-bond acceptors (Lipinski definition) is 2. The Bertz CT molecular complexity index is 577. The number of carbonyl (C=O) groups is 1. The maximum Gasteiger partial charge on any atom is 0.341 e. The van der Waals surface area contributed by atoms with E-state index in [9.17, 15) is 9.18 Å². The number of esters is 1. The molecule has 0 heterocycles. The van der Waals surface area contributed by atoms with Gasteiger partial charge in [-0.2, -0.15) is 0 Å². The van der Waals surface area contributed by atoms with Gasteiger partial charge in [-0.3, -0.25) is 0 Å². The molecule has 0 amide bonds. The molecule has 0 saturated heterocycles. The zero-order valence-corrected chi connectivity index (χ0v) is 10.2. The Hall–Kier alpha value is -2.16. The third-order valence-electron chi connectivity index (χ3n) is 2.89. The molecule has 92 valence electrons. The van der Waals surface area contributed by atoms with Gasteiger partial charge in [0.15, 0.2) is 0 Å². The molecule has 2 nitrogen and oxygen atoms in total. The first-order chi connectivity index (χ1) is 8.65. The van der Waals surface area contributed by atoms with Crippen molar-refractivity contribution in [1.82, 2.24) is 0 Å². The number of hydrogen-bond donors (Lipinski definition) is 0. The number of benzene rings is 2. The highest BCUT2D eigenvalue weighted by Crippen LogP contribution is 2.27. The molecule has 2 aromatic rings. The van der Waals surface area contributed by atoms with Crippen LogP contribution in [0.3, 0.4) is 0 Å². The minimum atomic E-state index is -0.650. The second kappa shape index (κ2) is 5.00. The lowest BCUT2D eigenvalue weighted by Crippen LogP contribution is -2.08. The Kier molecular flexibility index (Phi) is 3.42. The molecule has 0 fully saturated rings. The Balaban J connectivity index is 2.62. The lowest BCUT2D eigenvalue weighted by Gasteiger charge is -2.11. The molecule has 0 spiro atoms. The van der Waals surface area contributed by atoms with Crippen molar-refractivity contribution >= 4 is 5.97 Å². The molecule has 2 rings (SSSR count). The number of rotatable bonds is 2. The summed E-state index contributed by atoms with van der Waals surface area (Å²) >= 11 is 0. The first kappa shape index (κ1) is 12.3. The quantitative estimate of drug-likeness (QED) is 0.755. The molecule has 0 radical (unpaired) electrons. The van der Waals surface area contributed by atoms with Crippen LogP contribution in [0.25, 0.3) is 11.1 Å². The average Bonchev–Trinajstić information content (AvgIpc) is 2.39. The first-order valence-corrected chi connectivity index (χ1v) is 5.58. The predicted molar refractivity (Wildman–Crippen MR) is 67.9 cm³/mol. The van der Waals surface area contributed by atoms with E-state index in [2.05, 4.69) is 4.74 Å². The molecular formula is C15H13FO2. The molecule has 0 saturated carbocycles. The summed E-state index contributed by atoms with van der Waals surface area (Å²) in [5.74, 6) is -1.21. The van der Waals surface area contributed by atoms with Gasteiger partial charge in [0.25, 0.3) is 0 Å². The molecule has 3 heteroatoms. The summed E-state index contributed by atoms with van der Waals surface area (Å²) in [5.41, 5.74) is 2.37. The largest absolute Gasteiger partial charge is 0.465 e. The van der Waals surface area contributed by atoms with Gasteiger partial charge < -0.3 is 4.74 Å². The van der Waals surface area contributed by atoms with Crippen LogP contribution in [0.4, 0.5) is 4.39 Å². The van der Waals surface area contributed by atoms with Crippen LogP contribution >= 0.6 is 0 Å². The van der Waals surface area contributed by atoms with Gasteiger partial charge in [-0.1, -0.05) is 36.4 Å². The van der Waals surface area contributed by atoms with Gasteiger partial charge in [0.2, 0.25) is 0 Å². The van der Waals surface area contributed by atoms with Crippen LogP contribution in [0.15, 0.2) is 42.5 Å². The molecule has 2 aromatic carbocycles. The highest BCUT2D eigenvalue weighted by atomic mass is 19.1. The molecule has 0 N–H and O–H groups in total. The lowest BCUT2D eigenvalue weighted by atomic mass is 9.96. The van der Waals surface area contributed by atoms with Crippen LogP contribution in [0, 0.1) is 12.7 Å². The highest BCUT2D eigenvalue weighted by molar-refractivity contribution is 5.93. The third-order valence-corrected chi connectivity index (χ3v) is 2.89. The summed E-state index contributed by atoms with van der Waals surface area (Å²) in [6.07, 6.45) is 0. The Morgan fingerprint density at radius 2 is 1.78 bits per heavy atom. The van der Waals surface area contributed by atoms with Crippen molar-refractivity contribution in [1.29, 1.82) is 0 Å². The van der Waals surface area contributed by atoms with Crippen molar-refractivity contribution in [2.45, 2.75) is 6.92 Å². The fourth-order valence-corrected chi connectivity index (χ4v) is 1.96. The molecule has 0 aliphatic rings. The summed E-state index contributed by atoms with van der Waals surface area (Å²) in [6.45, 7) is 1.72. The van der Waals surface area contributed by atoms with Crippen molar-refractivity contribution in [3.63, 3.8) is 0 Å². The second-order valence-electron chi connectivity index (χ2n) is 3.95. The van der Waals surface area contributed by atoms with E-state index in [-0.39, 0.29) is 5.56 Å². The zero-order valence-electron chi connectivity index (χ0n) is 10.2. The Labute approximate surface area is 105 Å². The molecule has 0 aliphatic carbocycles. The van der Waals surface area contributed by atoms with Gasteiger partial charge in [0, 0.05) is 0 Å². The summed E-state index contributed by atoms with van der Waals surface area (Å²) in [5, 5.41) is 0. The summed E-state index contributed by atoms with van der Waals surface area (Å²) < 4.78 is 18.3. The smallest absolute Gasteiger partial charge is 0.341 e. The van der Waals surface area contributed by atoms with Crippen LogP contribution in [-0.4, -0.2) is 13.1 Å². The van der Waals surface area contributed by atoms with Crippen LogP contribution in [0.5, 0.6) is 0 Å². The average molecular weight is 244 g/mol. The van der Waals surface area contributed by atoms with Gasteiger partial charge in [-0.05, 0) is 29.7 Å². The van der Waals surface area contributed by atoms with Crippen LogP contribution in [0.1, 0.15) is 15.9 Å². The van der Waals surface area contributed by atoms with Crippen LogP contribution in [0.2, 0.25) is 0 Å². The van der Waals surface area contributed by atoms with E-state index in [0.717, 1.165) is 11.1 Å². The normalized spacial score (nSPS) is 10.2. The number of carbonyl (C=O) groups excluding carboxylic acids is 1. The van der Waals surface area contributed by atoms with E-state index in [0.29, 0.717) is 5.56 Å². The van der Waals surface area contributed by atoms with E-state index in [1.807, 2.05) is 30.3 Å². The number of ether oxygens (including phenoxy) is 1. The summed E-state index contributed by atoms with van der Waals surface area (Å²) in [4.78, 5) is 11.6. The molecule has 0 atom stereocenters. The van der Waals surface area contributed by atoms with Crippen molar-refractivity contribution < 1.29 is 13.9 Å². The predicted octanol–water partition coefficient (Wildman–Crippen LogP) is 3.59. The summed E-state index contributed by atoms with van der Waals surface area (Å²) in [7, 11) is 1.25. The van der Waals surface area contributed by atoms with Gasteiger partial charge in [0.05, 0.1) is 12.7 Å². The molecule has 0 unspecified atom stereocenters. The monoisotopic (exact) mass is 244 g/mol. The van der Waals surface area contributed by atoms with E-state index >= 15 is 0 Å². The molecule has 0 aliphatic heterocycles. The molecular weight excluding hydrogens is 231 g/mol. The third kappa shape index (κ3) is 2.12. The van der Waals surface area contributed by atoms with E-state index in [4.69, 9.17) is 0 Å². The highest BCUT2D eigenvalue weighted by Gasteiger charge is 2.18. The van der Waals surface area contributed by atoms with Gasteiger partial charge in [0.1, 0.15) is 5.82 Å². The van der Waals surface area contributed by atoms with Gasteiger partial charge >= 0.3 is 5.97 Å². The van der Waals surface area contributed by atoms with Crippen molar-refractivity contribution in [3.8, 4) is 11.1 Å². The molecule has 18 heavy (non-hydrogen) atoms. The minimum absolute atomic E-state index is 0.00106. The fraction of sp³-hybridized carbons (Fsp3) is 0.133.